The SMILES string of the molecule is CCCCN(C(=O)c1ccsc1)C(C)CC. The molecule has 1 rings (SSSR count). The smallest absolute Gasteiger partial charge is 0.254 e. The van der Waals surface area contributed by atoms with Crippen LogP contribution in [0.5, 0.6) is 0 Å². The Labute approximate surface area is 102 Å². The third-order valence-corrected chi connectivity index (χ3v) is 3.59. The third kappa shape index (κ3) is 3.34. The summed E-state index contributed by atoms with van der Waals surface area (Å²) in [5.41, 5.74) is 0.835. The van der Waals surface area contributed by atoms with Gasteiger partial charge in [0.1, 0.15) is 0 Å². The molecule has 1 atom stereocenters. The van der Waals surface area contributed by atoms with E-state index in [9.17, 15) is 4.79 Å². The lowest BCUT2D eigenvalue weighted by Crippen LogP contribution is -2.38. The minimum atomic E-state index is 0.184. The average molecular weight is 239 g/mol. The molecule has 1 unspecified atom stereocenters. The van der Waals surface area contributed by atoms with Gasteiger partial charge in [-0.3, -0.25) is 4.79 Å². The summed E-state index contributed by atoms with van der Waals surface area (Å²) < 4.78 is 0. The first-order valence-electron chi connectivity index (χ1n) is 6.03. The monoisotopic (exact) mass is 239 g/mol. The normalized spacial score (nSPS) is 12.4. The van der Waals surface area contributed by atoms with Crippen LogP contribution < -0.4 is 0 Å². The summed E-state index contributed by atoms with van der Waals surface area (Å²) in [6.45, 7) is 7.29. The maximum absolute atomic E-state index is 12.2. The van der Waals surface area contributed by atoms with Crippen molar-refractivity contribution in [2.24, 2.45) is 0 Å². The molecule has 0 saturated carbocycles. The molecule has 16 heavy (non-hydrogen) atoms. The molecule has 0 N–H and O–H groups in total. The van der Waals surface area contributed by atoms with E-state index in [2.05, 4.69) is 20.8 Å². The van der Waals surface area contributed by atoms with Crippen LogP contribution in [0.2, 0.25) is 0 Å². The van der Waals surface area contributed by atoms with Crippen molar-refractivity contribution in [1.29, 1.82) is 0 Å². The van der Waals surface area contributed by atoms with Gasteiger partial charge in [0.05, 0.1) is 5.56 Å². The van der Waals surface area contributed by atoms with Gasteiger partial charge in [-0.15, -0.1) is 0 Å². The molecule has 0 aliphatic rings. The molecule has 1 heterocycles. The van der Waals surface area contributed by atoms with Crippen LogP contribution >= 0.6 is 11.3 Å². The summed E-state index contributed by atoms with van der Waals surface area (Å²) in [7, 11) is 0. The minimum Gasteiger partial charge on any atom is -0.336 e. The van der Waals surface area contributed by atoms with Gasteiger partial charge < -0.3 is 4.90 Å². The molecule has 0 aliphatic heterocycles. The van der Waals surface area contributed by atoms with Crippen molar-refractivity contribution in [3.8, 4) is 0 Å². The fourth-order valence-corrected chi connectivity index (χ4v) is 2.25. The van der Waals surface area contributed by atoms with Crippen LogP contribution in [-0.2, 0) is 0 Å². The number of carbonyl (C=O) groups excluding carboxylic acids is 1. The molecular weight excluding hydrogens is 218 g/mol. The molecule has 0 aliphatic carbocycles. The maximum Gasteiger partial charge on any atom is 0.254 e. The van der Waals surface area contributed by atoms with Crippen LogP contribution in [0.15, 0.2) is 16.8 Å². The fourth-order valence-electron chi connectivity index (χ4n) is 1.62. The molecule has 0 saturated heterocycles. The Kier molecular flexibility index (Phi) is 5.53. The number of thiophene rings is 1. The quantitative estimate of drug-likeness (QED) is 0.739. The number of hydrogen-bond acceptors (Lipinski definition) is 2. The van der Waals surface area contributed by atoms with Crippen LogP contribution in [0.3, 0.4) is 0 Å². The topological polar surface area (TPSA) is 20.3 Å². The Bertz CT molecular complexity index is 308. The lowest BCUT2D eigenvalue weighted by molar-refractivity contribution is 0.0686. The fraction of sp³-hybridized carbons (Fsp3) is 0.615. The lowest BCUT2D eigenvalue weighted by atomic mass is 10.1. The summed E-state index contributed by atoms with van der Waals surface area (Å²) in [6.07, 6.45) is 3.23. The van der Waals surface area contributed by atoms with Crippen molar-refractivity contribution in [2.75, 3.05) is 6.54 Å². The van der Waals surface area contributed by atoms with E-state index in [0.717, 1.165) is 31.4 Å². The van der Waals surface area contributed by atoms with E-state index in [1.165, 1.54) is 0 Å². The second-order valence-electron chi connectivity index (χ2n) is 4.12. The molecular formula is C13H21NOS. The van der Waals surface area contributed by atoms with Crippen LogP contribution in [0, 0.1) is 0 Å². The van der Waals surface area contributed by atoms with E-state index in [0.29, 0.717) is 6.04 Å². The van der Waals surface area contributed by atoms with Gasteiger partial charge in [-0.2, -0.15) is 11.3 Å². The van der Waals surface area contributed by atoms with Crippen LogP contribution in [-0.4, -0.2) is 23.4 Å². The van der Waals surface area contributed by atoms with Crippen LogP contribution in [0.4, 0.5) is 0 Å². The van der Waals surface area contributed by atoms with Crippen molar-refractivity contribution < 1.29 is 4.79 Å². The minimum absolute atomic E-state index is 0.184. The highest BCUT2D eigenvalue weighted by Gasteiger charge is 2.19. The Hall–Kier alpha value is -0.830. The molecule has 0 aromatic carbocycles. The van der Waals surface area contributed by atoms with Gasteiger partial charge in [-0.05, 0) is 31.2 Å². The predicted octanol–water partition coefficient (Wildman–Crippen LogP) is 3.79. The highest BCUT2D eigenvalue weighted by molar-refractivity contribution is 7.08. The van der Waals surface area contributed by atoms with E-state index < -0.39 is 0 Å². The van der Waals surface area contributed by atoms with E-state index in [1.54, 1.807) is 11.3 Å². The van der Waals surface area contributed by atoms with Gasteiger partial charge in [-0.25, -0.2) is 0 Å². The van der Waals surface area contributed by atoms with Gasteiger partial charge in [0.15, 0.2) is 0 Å². The summed E-state index contributed by atoms with van der Waals surface area (Å²) >= 11 is 1.58. The van der Waals surface area contributed by atoms with Crippen molar-refractivity contribution in [3.63, 3.8) is 0 Å². The van der Waals surface area contributed by atoms with Crippen molar-refractivity contribution in [3.05, 3.63) is 22.4 Å². The van der Waals surface area contributed by atoms with Crippen LogP contribution in [0.1, 0.15) is 50.4 Å². The highest BCUT2D eigenvalue weighted by Crippen LogP contribution is 2.14. The van der Waals surface area contributed by atoms with Crippen LogP contribution in [0.25, 0.3) is 0 Å². The van der Waals surface area contributed by atoms with E-state index in [1.807, 2.05) is 21.7 Å². The van der Waals surface area contributed by atoms with Gasteiger partial charge in [-0.1, -0.05) is 20.3 Å². The Morgan fingerprint density at radius 1 is 1.50 bits per heavy atom. The van der Waals surface area contributed by atoms with E-state index in [4.69, 9.17) is 0 Å². The van der Waals surface area contributed by atoms with E-state index >= 15 is 0 Å². The Balaban J connectivity index is 2.71. The maximum atomic E-state index is 12.2. The number of unbranched alkanes of at least 4 members (excludes halogenated alkanes) is 1. The molecule has 0 bridgehead atoms. The van der Waals surface area contributed by atoms with Crippen molar-refractivity contribution >= 4 is 17.2 Å². The zero-order valence-corrected chi connectivity index (χ0v) is 11.2. The number of nitrogens with zero attached hydrogens (tertiary/aromatic N) is 1. The third-order valence-electron chi connectivity index (χ3n) is 2.90. The van der Waals surface area contributed by atoms with Crippen molar-refractivity contribution in [2.45, 2.75) is 46.1 Å². The highest BCUT2D eigenvalue weighted by atomic mass is 32.1. The first-order valence-corrected chi connectivity index (χ1v) is 6.98. The number of hydrogen-bond donors (Lipinski definition) is 0. The molecule has 90 valence electrons. The van der Waals surface area contributed by atoms with Crippen molar-refractivity contribution in [1.82, 2.24) is 4.90 Å². The lowest BCUT2D eigenvalue weighted by Gasteiger charge is -2.28. The zero-order valence-electron chi connectivity index (χ0n) is 10.4. The van der Waals surface area contributed by atoms with E-state index in [-0.39, 0.29) is 5.91 Å². The summed E-state index contributed by atoms with van der Waals surface area (Å²) in [4.78, 5) is 14.3. The number of amides is 1. The molecule has 1 aromatic heterocycles. The number of rotatable bonds is 6. The van der Waals surface area contributed by atoms with Gasteiger partial charge in [0.25, 0.3) is 5.91 Å². The molecule has 1 aromatic rings. The molecule has 0 radical (unpaired) electrons. The zero-order chi connectivity index (χ0) is 12.0. The molecule has 0 fully saturated rings. The average Bonchev–Trinajstić information content (AvgIpc) is 2.82. The largest absolute Gasteiger partial charge is 0.336 e. The summed E-state index contributed by atoms with van der Waals surface area (Å²) in [6, 6.07) is 2.24. The second kappa shape index (κ2) is 6.69. The predicted molar refractivity (Wildman–Crippen MR) is 70.0 cm³/mol. The first kappa shape index (κ1) is 13.2. The first-order chi connectivity index (χ1) is 7.70. The second-order valence-corrected chi connectivity index (χ2v) is 4.90. The molecule has 3 heteroatoms. The Morgan fingerprint density at radius 2 is 2.25 bits per heavy atom. The number of carbonyl (C=O) groups is 1. The van der Waals surface area contributed by atoms with Gasteiger partial charge in [0.2, 0.25) is 0 Å². The van der Waals surface area contributed by atoms with Gasteiger partial charge >= 0.3 is 0 Å². The molecule has 2 nitrogen and oxygen atoms in total. The Morgan fingerprint density at radius 3 is 2.75 bits per heavy atom. The molecule has 1 amide bonds. The summed E-state index contributed by atoms with van der Waals surface area (Å²) in [5, 5.41) is 3.89. The van der Waals surface area contributed by atoms with Gasteiger partial charge in [0, 0.05) is 18.0 Å². The standard InChI is InChI=1S/C13H21NOS/c1-4-6-8-14(11(3)5-2)13(15)12-7-9-16-10-12/h7,9-11H,4-6,8H2,1-3H3. The molecule has 0 spiro atoms. The summed E-state index contributed by atoms with van der Waals surface area (Å²) in [5.74, 6) is 0.184.